The Morgan fingerprint density at radius 3 is 1.32 bits per heavy atom. The van der Waals surface area contributed by atoms with Crippen LogP contribution in [0.1, 0.15) is 154 Å². The quantitative estimate of drug-likeness (QED) is 0.00856. The van der Waals surface area contributed by atoms with Crippen molar-refractivity contribution in [3.8, 4) is 5.69 Å². The molecule has 0 unspecified atom stereocenters. The number of hydrogen-bond donors (Lipinski definition) is 5. The van der Waals surface area contributed by atoms with E-state index in [4.69, 9.17) is 110 Å². The van der Waals surface area contributed by atoms with Gasteiger partial charge < -0.3 is 66.4 Å². The van der Waals surface area contributed by atoms with Crippen LogP contribution in [0, 0.1) is 84.7 Å². The number of carbonyl (C=O) groups is 6. The minimum atomic E-state index is -1.33. The van der Waals surface area contributed by atoms with Crippen molar-refractivity contribution >= 4 is 219 Å². The van der Waals surface area contributed by atoms with Crippen molar-refractivity contribution in [1.29, 1.82) is 5.26 Å². The Balaban J connectivity index is -0.000000440. The lowest BCUT2D eigenvalue weighted by molar-refractivity contribution is -0.617. The number of anilines is 2. The van der Waals surface area contributed by atoms with Crippen molar-refractivity contribution in [3.63, 3.8) is 0 Å². The molecule has 0 atom stereocenters. The topological polar surface area (TPSA) is 333 Å². The normalized spacial score (nSPS) is 12.2. The third-order valence-electron chi connectivity index (χ3n) is 17.8. The summed E-state index contributed by atoms with van der Waals surface area (Å²) in [6.45, 7) is 54.8. The number of alkyl halides is 2. The molecule has 4 fully saturated rings. The predicted molar refractivity (Wildman–Crippen MR) is 560 cm³/mol. The van der Waals surface area contributed by atoms with Crippen LogP contribution in [0.2, 0.25) is 34.7 Å². The van der Waals surface area contributed by atoms with E-state index in [2.05, 4.69) is 137 Å². The minimum absolute atomic E-state index is 0. The van der Waals surface area contributed by atoms with E-state index in [9.17, 15) is 34.0 Å². The van der Waals surface area contributed by atoms with Gasteiger partial charge in [-0.15, -0.1) is 45.6 Å². The van der Waals surface area contributed by atoms with Gasteiger partial charge in [-0.05, 0) is 228 Å². The molecule has 5 aromatic heterocycles. The van der Waals surface area contributed by atoms with Gasteiger partial charge in [-0.25, -0.2) is 15.2 Å². The van der Waals surface area contributed by atoms with Crippen LogP contribution in [0.15, 0.2) is 141 Å². The largest absolute Gasteiger partial charge is 0.618 e. The van der Waals surface area contributed by atoms with Crippen LogP contribution in [0.5, 0.6) is 0 Å². The molecule has 130 heavy (non-hydrogen) atoms. The fourth-order valence-corrected chi connectivity index (χ4v) is 11.2. The van der Waals surface area contributed by atoms with Gasteiger partial charge in [-0.3, -0.25) is 28.8 Å². The maximum absolute atomic E-state index is 12.3. The number of rotatable bonds is 9. The number of benzene rings is 3. The van der Waals surface area contributed by atoms with Gasteiger partial charge in [0.15, 0.2) is 18.9 Å². The predicted octanol–water partition coefficient (Wildman–Crippen LogP) is 23.4. The number of thiol groups is 1. The number of aryl methyl sites for hydroxylation is 8. The highest BCUT2D eigenvalue weighted by atomic mass is 79.9. The molecular formula is C92H129Br3Cl8N16O9SSi. The number of hydrogen-bond acceptors (Lipinski definition) is 19. The molecule has 3 aromatic carbocycles. The Kier molecular flexibility index (Phi) is 75.9. The standard InChI is InChI=1S/C14H16ClNO2.C13H14ClNO2.C8H6Cl2O.C8H9N3.C8H13N3.C7H5BrN2.C6H6BrNO.C6H6BrN.C6H15N.C5H9NO.C4H9NSi.C3H6ClNO.C2H6.CH2Cl2.CH4S.ClH.H2O/c1-10-2-3-11(8-12(10)15)13(17)16-6-4-14(5-7-16)9-18-14;1-9-2-3-10(8-12(9)14)13(17)15-6-4-11(16)5-7-15;1-5-2-3-6(8(10)11)4-7(5)9;1-6-4-5-7(9-2)11-8(6)10-3;1-6-3-4-7(5-9)11-8(6)10-2;1-5-3-4-6(9-2)10-7(5)8;1-5-3-2-4-8(9)6(5)7;1-5-3-2-4-8-6(5)7;1-4-7(5-2)6-3;7-5-1-3-6-4-2-5;1-6(2,3)4-5;1-5(2)3(4)6;1-2;2-1-3;1-2;;/h2-3,8H,4-7,9H2,1H3;2-3,8H,4-7H2,1H3;2-4H,1H3;4-5H,1,3H3,(H,10,11);3-4H,5,9H2,1-2H3,(H,10,11);3-4H,1H3;2-4H,1H3;2-4H,1H3;4-6H2,1-3H3;6H,1-4H2;1-3H3;1-2H3;1-2H3;1H2;2H,1H3;1H;1H2. The molecule has 0 radical (unpaired) electrons. The van der Waals surface area contributed by atoms with Crippen LogP contribution in [-0.4, -0.2) is 198 Å². The molecule has 4 aliphatic rings. The first kappa shape index (κ1) is 131. The summed E-state index contributed by atoms with van der Waals surface area (Å²) in [5, 5.41) is 29.0. The second-order valence-corrected chi connectivity index (χ2v) is 38.4. The fraction of sp³-hybridized carbons (Fsp3) is 0.435. The molecule has 0 aliphatic carbocycles. The summed E-state index contributed by atoms with van der Waals surface area (Å²) in [6.07, 6.45) is 9.22. The number of carbonyl (C=O) groups excluding carboxylic acids is 6. The van der Waals surface area contributed by atoms with Gasteiger partial charge in [-0.2, -0.15) is 17.4 Å². The molecular weight excluding hydrogens is 2060 g/mol. The number of ether oxygens (including phenoxy) is 1. The Morgan fingerprint density at radius 2 is 1.00 bits per heavy atom. The number of halogens is 11. The molecule has 718 valence electrons. The Labute approximate surface area is 844 Å². The van der Waals surface area contributed by atoms with Crippen molar-refractivity contribution in [1.82, 2.24) is 44.9 Å². The maximum Gasteiger partial charge on any atom is 0.315 e. The van der Waals surface area contributed by atoms with E-state index in [1.165, 1.54) is 36.3 Å². The number of aromatic nitrogens is 5. The molecule has 25 nitrogen and oxygen atoms in total. The van der Waals surface area contributed by atoms with Crippen LogP contribution < -0.4 is 26.4 Å². The van der Waals surface area contributed by atoms with Gasteiger partial charge in [0, 0.05) is 198 Å². The summed E-state index contributed by atoms with van der Waals surface area (Å²) < 4.78 is 8.50. The number of ketones is 2. The average Bonchev–Trinajstić information content (AvgIpc) is 1.64. The van der Waals surface area contributed by atoms with Crippen LogP contribution in [0.3, 0.4) is 0 Å². The van der Waals surface area contributed by atoms with Crippen LogP contribution in [0.4, 0.5) is 28.1 Å². The number of likely N-dealkylation sites (tertiary alicyclic amines) is 2. The molecule has 4 aliphatic heterocycles. The SMILES string of the molecule is CC.CCN(CC)CC.CN(C)C(=O)Cl.CNc1nc(CN)ccc1C.CS.C[Si](C)(C)C#N.Cc1ccc(C(=O)Cl)cc1Cl.Cc1ccc(C(=O)N2CCC(=O)CC2)cc1Cl.Cc1ccc(C(=O)N2CCC3(CC2)CO3)cc1Cl.Cc1ccc[n+]([O-])c1Br.Cc1cccnc1Br.Cl.ClCCl.O.O=C1CCNCC1.[C-]#[N+]c1ccc(C)c(Br)n1.[C-]#[N+]c1ccc(C)c(NC)n1. The highest BCUT2D eigenvalue weighted by Crippen LogP contribution is 2.38. The van der Waals surface area contributed by atoms with E-state index in [1.807, 2.05) is 161 Å². The van der Waals surface area contributed by atoms with E-state index < -0.39 is 18.7 Å². The van der Waals surface area contributed by atoms with Crippen molar-refractivity contribution in [3.05, 3.63) is 251 Å². The number of nitriles is 1. The monoisotopic (exact) mass is 2180 g/mol. The van der Waals surface area contributed by atoms with E-state index >= 15 is 0 Å². The Bertz CT molecular complexity index is 4740. The number of pyridine rings is 5. The lowest BCUT2D eigenvalue weighted by atomic mass is 9.97. The number of nitrogens with two attached hydrogens (primary N) is 1. The molecule has 38 heteroatoms. The molecule has 9 heterocycles. The van der Waals surface area contributed by atoms with Gasteiger partial charge in [0.05, 0.1) is 23.2 Å². The van der Waals surface area contributed by atoms with Crippen molar-refractivity contribution in [2.45, 2.75) is 160 Å². The first-order valence-electron chi connectivity index (χ1n) is 40.8. The van der Waals surface area contributed by atoms with Crippen LogP contribution in [-0.2, 0) is 20.9 Å². The third kappa shape index (κ3) is 57.4. The van der Waals surface area contributed by atoms with Crippen LogP contribution in [0.25, 0.3) is 9.69 Å². The lowest BCUT2D eigenvalue weighted by Crippen LogP contribution is -2.41. The lowest BCUT2D eigenvalue weighted by Gasteiger charge is -2.30. The number of nitrogens with one attached hydrogen (secondary N) is 3. The summed E-state index contributed by atoms with van der Waals surface area (Å²) in [5.41, 5.74) is 18.7. The fourth-order valence-electron chi connectivity index (χ4n) is 9.74. The summed E-state index contributed by atoms with van der Waals surface area (Å²) in [5.74, 6) is 3.21. The average molecular weight is 2190 g/mol. The Morgan fingerprint density at radius 1 is 0.631 bits per heavy atom. The number of nitrogens with zero attached hydrogens (tertiary/aromatic N) is 12. The summed E-state index contributed by atoms with van der Waals surface area (Å²) in [6, 6.07) is 34.4. The van der Waals surface area contributed by atoms with E-state index in [0.29, 0.717) is 86.3 Å². The zero-order chi connectivity index (χ0) is 98.4. The zero-order valence-corrected chi connectivity index (χ0v) is 91.0. The number of amides is 3. The van der Waals surface area contributed by atoms with Crippen LogP contribution >= 0.6 is 154 Å². The number of Topliss-reactive ketones (excluding diaryl/α,β-unsaturated/α-hetero) is 2. The van der Waals surface area contributed by atoms with E-state index in [0.717, 1.165) is 129 Å². The molecule has 0 saturated carbocycles. The highest BCUT2D eigenvalue weighted by molar-refractivity contribution is 9.11. The Hall–Kier alpha value is -7.17. The molecule has 3 amide bonds. The second-order valence-electron chi connectivity index (χ2n) is 28.7. The van der Waals surface area contributed by atoms with E-state index in [1.54, 1.807) is 93.1 Å². The minimum Gasteiger partial charge on any atom is -0.618 e. The molecule has 12 rings (SSSR count). The molecule has 7 N–H and O–H groups in total. The molecule has 8 aromatic rings. The van der Waals surface area contributed by atoms with Crippen molar-refractivity contribution < 1.29 is 43.7 Å². The summed E-state index contributed by atoms with van der Waals surface area (Å²) in [4.78, 5) is 96.4. The van der Waals surface area contributed by atoms with Gasteiger partial charge in [0.1, 0.15) is 22.0 Å². The first-order valence-corrected chi connectivity index (χ1v) is 50.5. The zero-order valence-electron chi connectivity index (χ0n) is 78.2. The van der Waals surface area contributed by atoms with Gasteiger partial charge >= 0.3 is 5.37 Å². The number of epoxide rings is 1. The van der Waals surface area contributed by atoms with Crippen molar-refractivity contribution in [2.75, 3.05) is 116 Å². The third-order valence-corrected chi connectivity index (χ3v) is 22.8. The molecule has 1 spiro atoms. The van der Waals surface area contributed by atoms with Gasteiger partial charge in [0.25, 0.3) is 33.3 Å². The van der Waals surface area contributed by atoms with Gasteiger partial charge in [0.2, 0.25) is 5.82 Å². The molecule has 4 saturated heterocycles. The summed E-state index contributed by atoms with van der Waals surface area (Å²) >= 11 is 50.6. The maximum atomic E-state index is 12.3. The smallest absolute Gasteiger partial charge is 0.315 e. The number of piperidine rings is 3. The van der Waals surface area contributed by atoms with Crippen molar-refractivity contribution in [2.24, 2.45) is 5.73 Å². The highest BCUT2D eigenvalue weighted by Gasteiger charge is 2.47. The molecule has 0 bridgehead atoms. The van der Waals surface area contributed by atoms with E-state index in [-0.39, 0.29) is 46.4 Å². The second kappa shape index (κ2) is 75.2. The summed E-state index contributed by atoms with van der Waals surface area (Å²) in [7, 11) is 5.51. The van der Waals surface area contributed by atoms with Gasteiger partial charge in [-0.1, -0.05) is 145 Å². The first-order chi connectivity index (χ1) is 60.4.